The van der Waals surface area contributed by atoms with E-state index in [-0.39, 0.29) is 17.6 Å². The molecule has 0 bridgehead atoms. The lowest BCUT2D eigenvalue weighted by Gasteiger charge is -2.33. The van der Waals surface area contributed by atoms with Gasteiger partial charge in [-0.25, -0.2) is 9.59 Å². The smallest absolute Gasteiger partial charge is 0.335 e. The number of hydrogen-bond acceptors (Lipinski definition) is 3. The molecule has 1 aliphatic heterocycles. The average Bonchev–Trinajstić information content (AvgIpc) is 2.45. The van der Waals surface area contributed by atoms with Crippen LogP contribution in [0.2, 0.25) is 0 Å². The highest BCUT2D eigenvalue weighted by Gasteiger charge is 2.22. The Labute approximate surface area is 122 Å². The normalized spacial score (nSPS) is 18.6. The highest BCUT2D eigenvalue weighted by Crippen LogP contribution is 2.16. The zero-order valence-electron chi connectivity index (χ0n) is 11.3. The number of hydrogen-bond donors (Lipinski definition) is 2. The molecule has 108 valence electrons. The second-order valence-electron chi connectivity index (χ2n) is 4.78. The van der Waals surface area contributed by atoms with Crippen LogP contribution in [-0.2, 0) is 6.54 Å². The largest absolute Gasteiger partial charge is 0.478 e. The van der Waals surface area contributed by atoms with Crippen molar-refractivity contribution in [1.82, 2.24) is 10.2 Å². The van der Waals surface area contributed by atoms with Gasteiger partial charge < -0.3 is 15.3 Å². The van der Waals surface area contributed by atoms with Crippen molar-refractivity contribution < 1.29 is 14.7 Å². The van der Waals surface area contributed by atoms with Crippen molar-refractivity contribution in [3.05, 3.63) is 35.4 Å². The molecule has 0 aromatic heterocycles. The van der Waals surface area contributed by atoms with Crippen molar-refractivity contribution in [3.63, 3.8) is 0 Å². The van der Waals surface area contributed by atoms with Gasteiger partial charge in [0, 0.05) is 30.6 Å². The van der Waals surface area contributed by atoms with Gasteiger partial charge >= 0.3 is 12.0 Å². The monoisotopic (exact) mass is 294 g/mol. The zero-order valence-corrected chi connectivity index (χ0v) is 12.2. The first-order valence-corrected chi connectivity index (χ1v) is 7.68. The average molecular weight is 294 g/mol. The molecule has 1 saturated heterocycles. The molecule has 1 unspecified atom stereocenters. The summed E-state index contributed by atoms with van der Waals surface area (Å²) in [7, 11) is 0. The Kier molecular flexibility index (Phi) is 4.89. The van der Waals surface area contributed by atoms with Gasteiger partial charge in [-0.05, 0) is 24.6 Å². The summed E-state index contributed by atoms with van der Waals surface area (Å²) in [5.41, 5.74) is 1.14. The minimum atomic E-state index is -0.944. The van der Waals surface area contributed by atoms with Crippen molar-refractivity contribution in [2.75, 3.05) is 18.1 Å². The van der Waals surface area contributed by atoms with Crippen molar-refractivity contribution >= 4 is 23.8 Å². The maximum Gasteiger partial charge on any atom is 0.335 e. The van der Waals surface area contributed by atoms with Crippen LogP contribution in [0.5, 0.6) is 0 Å². The van der Waals surface area contributed by atoms with Gasteiger partial charge in [0.05, 0.1) is 5.56 Å². The number of carbonyl (C=O) groups is 2. The van der Waals surface area contributed by atoms with Gasteiger partial charge in [0.15, 0.2) is 0 Å². The number of carbonyl (C=O) groups excluding carboxylic acids is 1. The Morgan fingerprint density at radius 3 is 2.70 bits per heavy atom. The highest BCUT2D eigenvalue weighted by molar-refractivity contribution is 7.99. The van der Waals surface area contributed by atoms with E-state index in [1.165, 1.54) is 0 Å². The predicted octanol–water partition coefficient (Wildman–Crippen LogP) is 2.03. The van der Waals surface area contributed by atoms with Gasteiger partial charge in [0.2, 0.25) is 0 Å². The molecule has 20 heavy (non-hydrogen) atoms. The number of urea groups is 1. The summed E-state index contributed by atoms with van der Waals surface area (Å²) in [6.07, 6.45) is 0. The first-order valence-electron chi connectivity index (χ1n) is 6.52. The number of carboxylic acid groups (broad SMARTS) is 1. The minimum Gasteiger partial charge on any atom is -0.478 e. The molecule has 2 rings (SSSR count). The second-order valence-corrected chi connectivity index (χ2v) is 5.93. The third kappa shape index (κ3) is 3.66. The summed E-state index contributed by atoms with van der Waals surface area (Å²) in [4.78, 5) is 24.7. The van der Waals surface area contributed by atoms with Crippen LogP contribution < -0.4 is 5.32 Å². The Morgan fingerprint density at radius 2 is 2.10 bits per heavy atom. The first kappa shape index (κ1) is 14.7. The SMILES string of the molecule is CC1CSCCN1C(=O)NCc1ccc(C(=O)O)cc1. The minimum absolute atomic E-state index is 0.0555. The number of nitrogens with one attached hydrogen (secondary N) is 1. The van der Waals surface area contributed by atoms with Crippen LogP contribution in [0, 0.1) is 0 Å². The lowest BCUT2D eigenvalue weighted by Crippen LogP contribution is -2.49. The highest BCUT2D eigenvalue weighted by atomic mass is 32.2. The molecule has 6 heteroatoms. The molecule has 1 aliphatic rings. The van der Waals surface area contributed by atoms with Gasteiger partial charge in [-0.1, -0.05) is 12.1 Å². The zero-order chi connectivity index (χ0) is 14.5. The van der Waals surface area contributed by atoms with E-state index in [4.69, 9.17) is 5.11 Å². The summed E-state index contributed by atoms with van der Waals surface area (Å²) in [6, 6.07) is 6.73. The van der Waals surface area contributed by atoms with E-state index in [9.17, 15) is 9.59 Å². The molecule has 1 heterocycles. The quantitative estimate of drug-likeness (QED) is 0.895. The molecule has 1 atom stereocenters. The summed E-state index contributed by atoms with van der Waals surface area (Å²) in [6.45, 7) is 3.23. The lowest BCUT2D eigenvalue weighted by molar-refractivity contribution is 0.0697. The predicted molar refractivity (Wildman–Crippen MR) is 79.1 cm³/mol. The molecule has 0 saturated carbocycles. The molecule has 2 amide bonds. The van der Waals surface area contributed by atoms with Crippen LogP contribution in [0.4, 0.5) is 4.79 Å². The molecular weight excluding hydrogens is 276 g/mol. The molecular formula is C14H18N2O3S. The maximum absolute atomic E-state index is 12.1. The van der Waals surface area contributed by atoms with E-state index < -0.39 is 5.97 Å². The van der Waals surface area contributed by atoms with Crippen LogP contribution in [-0.4, -0.2) is 46.1 Å². The Morgan fingerprint density at radius 1 is 1.40 bits per heavy atom. The van der Waals surface area contributed by atoms with E-state index >= 15 is 0 Å². The van der Waals surface area contributed by atoms with E-state index in [0.29, 0.717) is 6.54 Å². The fourth-order valence-corrected chi connectivity index (χ4v) is 3.09. The van der Waals surface area contributed by atoms with E-state index in [0.717, 1.165) is 23.6 Å². The number of carboxylic acids is 1. The maximum atomic E-state index is 12.1. The molecule has 0 spiro atoms. The summed E-state index contributed by atoms with van der Waals surface area (Å²) in [5.74, 6) is 1.01. The van der Waals surface area contributed by atoms with Crippen molar-refractivity contribution in [1.29, 1.82) is 0 Å². The number of aromatic carboxylic acids is 1. The molecule has 0 aliphatic carbocycles. The van der Waals surface area contributed by atoms with Gasteiger partial charge in [-0.15, -0.1) is 0 Å². The molecule has 1 fully saturated rings. The summed E-state index contributed by atoms with van der Waals surface area (Å²) < 4.78 is 0. The van der Waals surface area contributed by atoms with Crippen LogP contribution in [0.1, 0.15) is 22.8 Å². The number of benzene rings is 1. The topological polar surface area (TPSA) is 69.6 Å². The number of thioether (sulfide) groups is 1. The van der Waals surface area contributed by atoms with Crippen molar-refractivity contribution in [3.8, 4) is 0 Å². The number of amides is 2. The van der Waals surface area contributed by atoms with Crippen LogP contribution in [0.3, 0.4) is 0 Å². The Hall–Kier alpha value is -1.69. The Balaban J connectivity index is 1.88. The molecule has 2 N–H and O–H groups in total. The first-order chi connectivity index (χ1) is 9.58. The fourth-order valence-electron chi connectivity index (χ4n) is 2.07. The van der Waals surface area contributed by atoms with E-state index in [1.807, 2.05) is 23.6 Å². The fraction of sp³-hybridized carbons (Fsp3) is 0.429. The lowest BCUT2D eigenvalue weighted by atomic mass is 10.1. The summed E-state index contributed by atoms with van der Waals surface area (Å²) in [5, 5.41) is 11.7. The molecule has 0 radical (unpaired) electrons. The van der Waals surface area contributed by atoms with Crippen LogP contribution in [0.25, 0.3) is 0 Å². The van der Waals surface area contributed by atoms with Gasteiger partial charge in [-0.2, -0.15) is 11.8 Å². The summed E-state index contributed by atoms with van der Waals surface area (Å²) >= 11 is 1.87. The Bertz CT molecular complexity index is 490. The molecule has 1 aromatic rings. The van der Waals surface area contributed by atoms with Gasteiger partial charge in [0.1, 0.15) is 0 Å². The van der Waals surface area contributed by atoms with E-state index in [1.54, 1.807) is 24.3 Å². The second kappa shape index (κ2) is 6.65. The molecule has 1 aromatic carbocycles. The van der Waals surface area contributed by atoms with Crippen LogP contribution >= 0.6 is 11.8 Å². The van der Waals surface area contributed by atoms with Crippen molar-refractivity contribution in [2.45, 2.75) is 19.5 Å². The van der Waals surface area contributed by atoms with Gasteiger partial charge in [-0.3, -0.25) is 0 Å². The third-order valence-corrected chi connectivity index (χ3v) is 4.46. The van der Waals surface area contributed by atoms with Crippen LogP contribution in [0.15, 0.2) is 24.3 Å². The van der Waals surface area contributed by atoms with Gasteiger partial charge in [0.25, 0.3) is 0 Å². The third-order valence-electron chi connectivity index (χ3n) is 3.27. The van der Waals surface area contributed by atoms with Crippen molar-refractivity contribution in [2.24, 2.45) is 0 Å². The number of nitrogens with zero attached hydrogens (tertiary/aromatic N) is 1. The molecule has 5 nitrogen and oxygen atoms in total. The van der Waals surface area contributed by atoms with E-state index in [2.05, 4.69) is 5.32 Å². The standard InChI is InChI=1S/C14H18N2O3S/c1-10-9-20-7-6-16(10)14(19)15-8-11-2-4-12(5-3-11)13(17)18/h2-5,10H,6-9H2,1H3,(H,15,19)(H,17,18). The number of rotatable bonds is 3.